The van der Waals surface area contributed by atoms with Gasteiger partial charge in [0, 0.05) is 18.8 Å². The molecule has 2 aromatic heterocycles. The first-order valence-corrected chi connectivity index (χ1v) is 5.99. The highest BCUT2D eigenvalue weighted by Gasteiger charge is 2.27. The molecule has 0 saturated heterocycles. The van der Waals surface area contributed by atoms with Gasteiger partial charge in [0.05, 0.1) is 11.9 Å². The average Bonchev–Trinajstić information content (AvgIpc) is 3.08. The van der Waals surface area contributed by atoms with Crippen molar-refractivity contribution in [3.05, 3.63) is 36.3 Å². The van der Waals surface area contributed by atoms with Crippen LogP contribution in [0.1, 0.15) is 25.5 Å². The van der Waals surface area contributed by atoms with Gasteiger partial charge in [-0.3, -0.25) is 0 Å². The molecule has 0 aromatic carbocycles. The van der Waals surface area contributed by atoms with Gasteiger partial charge >= 0.3 is 0 Å². The fraction of sp³-hybridized carbons (Fsp3) is 0.462. The van der Waals surface area contributed by atoms with E-state index in [4.69, 9.17) is 0 Å². The van der Waals surface area contributed by atoms with Gasteiger partial charge in [0.2, 0.25) is 0 Å². The van der Waals surface area contributed by atoms with Gasteiger partial charge in [0.15, 0.2) is 0 Å². The zero-order valence-corrected chi connectivity index (χ0v) is 10.8. The molecule has 0 spiro atoms. The molecule has 1 unspecified atom stereocenters. The van der Waals surface area contributed by atoms with Crippen LogP contribution < -0.4 is 5.32 Å². The van der Waals surface area contributed by atoms with Crippen LogP contribution in [0.15, 0.2) is 30.6 Å². The SMILES string of the molecule is CC(NCc1cnc2ccccn12)C1CC1.Cl. The Balaban J connectivity index is 0.00000108. The summed E-state index contributed by atoms with van der Waals surface area (Å²) >= 11 is 0. The van der Waals surface area contributed by atoms with E-state index in [1.165, 1.54) is 18.5 Å². The minimum Gasteiger partial charge on any atom is -0.308 e. The summed E-state index contributed by atoms with van der Waals surface area (Å²) in [5, 5.41) is 3.58. The molecule has 17 heavy (non-hydrogen) atoms. The molecule has 0 radical (unpaired) electrons. The van der Waals surface area contributed by atoms with E-state index in [0.29, 0.717) is 6.04 Å². The van der Waals surface area contributed by atoms with Gasteiger partial charge in [0.25, 0.3) is 0 Å². The minimum atomic E-state index is 0. The number of fused-ring (bicyclic) bond motifs is 1. The third-order valence-corrected chi connectivity index (χ3v) is 3.43. The van der Waals surface area contributed by atoms with Crippen LogP contribution in [-0.2, 0) is 6.54 Å². The molecule has 1 fully saturated rings. The van der Waals surface area contributed by atoms with Crippen molar-refractivity contribution in [2.75, 3.05) is 0 Å². The van der Waals surface area contributed by atoms with Crippen LogP contribution in [0, 0.1) is 5.92 Å². The number of halogens is 1. The lowest BCUT2D eigenvalue weighted by atomic mass is 10.2. The Morgan fingerprint density at radius 2 is 2.29 bits per heavy atom. The van der Waals surface area contributed by atoms with E-state index in [0.717, 1.165) is 18.1 Å². The van der Waals surface area contributed by atoms with E-state index in [1.807, 2.05) is 24.4 Å². The molecule has 1 saturated carbocycles. The molecule has 3 rings (SSSR count). The van der Waals surface area contributed by atoms with Crippen LogP contribution in [0.2, 0.25) is 0 Å². The number of nitrogens with zero attached hydrogens (tertiary/aromatic N) is 2. The average molecular weight is 252 g/mol. The Kier molecular flexibility index (Phi) is 3.69. The number of hydrogen-bond donors (Lipinski definition) is 1. The van der Waals surface area contributed by atoms with E-state index in [-0.39, 0.29) is 12.4 Å². The molecule has 4 heteroatoms. The van der Waals surface area contributed by atoms with Crippen LogP contribution in [0.3, 0.4) is 0 Å². The Morgan fingerprint density at radius 3 is 3.06 bits per heavy atom. The Bertz CT molecular complexity index is 490. The third kappa shape index (κ3) is 2.61. The fourth-order valence-corrected chi connectivity index (χ4v) is 2.14. The first kappa shape index (κ1) is 12.4. The van der Waals surface area contributed by atoms with Crippen molar-refractivity contribution in [2.45, 2.75) is 32.4 Å². The summed E-state index contributed by atoms with van der Waals surface area (Å²) in [6, 6.07) is 6.73. The van der Waals surface area contributed by atoms with Crippen LogP contribution in [0.5, 0.6) is 0 Å². The lowest BCUT2D eigenvalue weighted by Crippen LogP contribution is -2.27. The molecule has 1 aliphatic rings. The molecule has 1 atom stereocenters. The van der Waals surface area contributed by atoms with E-state index < -0.39 is 0 Å². The van der Waals surface area contributed by atoms with Gasteiger partial charge in [-0.05, 0) is 37.8 Å². The lowest BCUT2D eigenvalue weighted by molar-refractivity contribution is 0.491. The van der Waals surface area contributed by atoms with E-state index in [9.17, 15) is 0 Å². The van der Waals surface area contributed by atoms with E-state index in [1.54, 1.807) is 0 Å². The summed E-state index contributed by atoms with van der Waals surface area (Å²) in [5.74, 6) is 0.902. The zero-order valence-electron chi connectivity index (χ0n) is 9.97. The molecule has 2 heterocycles. The van der Waals surface area contributed by atoms with Crippen molar-refractivity contribution >= 4 is 18.1 Å². The second-order valence-corrected chi connectivity index (χ2v) is 4.69. The molecule has 3 nitrogen and oxygen atoms in total. The topological polar surface area (TPSA) is 29.3 Å². The predicted molar refractivity (Wildman–Crippen MR) is 71.5 cm³/mol. The normalized spacial score (nSPS) is 16.8. The maximum Gasteiger partial charge on any atom is 0.136 e. The van der Waals surface area contributed by atoms with Crippen LogP contribution in [0.4, 0.5) is 0 Å². The number of aromatic nitrogens is 2. The molecular formula is C13H18ClN3. The summed E-state index contributed by atoms with van der Waals surface area (Å²) in [6.07, 6.45) is 6.81. The van der Waals surface area contributed by atoms with Crippen LogP contribution in [0.25, 0.3) is 5.65 Å². The highest BCUT2D eigenvalue weighted by atomic mass is 35.5. The Hall–Kier alpha value is -1.06. The molecule has 0 bridgehead atoms. The van der Waals surface area contributed by atoms with Crippen molar-refractivity contribution in [3.63, 3.8) is 0 Å². The highest BCUT2D eigenvalue weighted by molar-refractivity contribution is 5.85. The maximum absolute atomic E-state index is 4.38. The van der Waals surface area contributed by atoms with Gasteiger partial charge in [-0.15, -0.1) is 12.4 Å². The highest BCUT2D eigenvalue weighted by Crippen LogP contribution is 2.32. The van der Waals surface area contributed by atoms with Crippen molar-refractivity contribution < 1.29 is 0 Å². The second-order valence-electron chi connectivity index (χ2n) is 4.69. The lowest BCUT2D eigenvalue weighted by Gasteiger charge is -2.11. The largest absolute Gasteiger partial charge is 0.308 e. The van der Waals surface area contributed by atoms with E-state index >= 15 is 0 Å². The van der Waals surface area contributed by atoms with Gasteiger partial charge in [-0.25, -0.2) is 4.98 Å². The van der Waals surface area contributed by atoms with Gasteiger partial charge < -0.3 is 9.72 Å². The standard InChI is InChI=1S/C13H17N3.ClH/c1-10(11-5-6-11)14-8-12-9-15-13-4-2-3-7-16(12)13;/h2-4,7,9-11,14H,5-6,8H2,1H3;1H. The van der Waals surface area contributed by atoms with Crippen LogP contribution >= 0.6 is 12.4 Å². The summed E-state index contributed by atoms with van der Waals surface area (Å²) in [6.45, 7) is 3.18. The van der Waals surface area contributed by atoms with Crippen molar-refractivity contribution in [3.8, 4) is 0 Å². The Morgan fingerprint density at radius 1 is 1.47 bits per heavy atom. The number of pyridine rings is 1. The molecule has 1 aliphatic carbocycles. The molecule has 0 aliphatic heterocycles. The molecular weight excluding hydrogens is 234 g/mol. The van der Waals surface area contributed by atoms with Gasteiger partial charge in [0.1, 0.15) is 5.65 Å². The summed E-state index contributed by atoms with van der Waals surface area (Å²) in [7, 11) is 0. The number of nitrogens with one attached hydrogen (secondary N) is 1. The zero-order chi connectivity index (χ0) is 11.0. The number of rotatable bonds is 4. The van der Waals surface area contributed by atoms with E-state index in [2.05, 4.69) is 27.8 Å². The third-order valence-electron chi connectivity index (χ3n) is 3.43. The fourth-order valence-electron chi connectivity index (χ4n) is 2.14. The van der Waals surface area contributed by atoms with Crippen molar-refractivity contribution in [1.29, 1.82) is 0 Å². The predicted octanol–water partition coefficient (Wildman–Crippen LogP) is 2.64. The van der Waals surface area contributed by atoms with Gasteiger partial charge in [-0.1, -0.05) is 6.07 Å². The maximum atomic E-state index is 4.38. The molecule has 1 N–H and O–H groups in total. The molecule has 92 valence electrons. The smallest absolute Gasteiger partial charge is 0.136 e. The monoisotopic (exact) mass is 251 g/mol. The summed E-state index contributed by atoms with van der Waals surface area (Å²) in [5.41, 5.74) is 2.27. The molecule has 2 aromatic rings. The Labute approximate surface area is 108 Å². The number of hydrogen-bond acceptors (Lipinski definition) is 2. The first-order chi connectivity index (χ1) is 7.84. The van der Waals surface area contributed by atoms with Crippen LogP contribution in [-0.4, -0.2) is 15.4 Å². The second kappa shape index (κ2) is 5.07. The summed E-state index contributed by atoms with van der Waals surface area (Å²) in [4.78, 5) is 4.38. The minimum absolute atomic E-state index is 0. The van der Waals surface area contributed by atoms with Gasteiger partial charge in [-0.2, -0.15) is 0 Å². The quantitative estimate of drug-likeness (QED) is 0.905. The van der Waals surface area contributed by atoms with Crippen molar-refractivity contribution in [2.24, 2.45) is 5.92 Å². The molecule has 0 amide bonds. The summed E-state index contributed by atoms with van der Waals surface area (Å²) < 4.78 is 2.15. The van der Waals surface area contributed by atoms with Crippen molar-refractivity contribution in [1.82, 2.24) is 14.7 Å². The first-order valence-electron chi connectivity index (χ1n) is 5.99. The number of imidazole rings is 1.